The number of rotatable bonds is 3. The van der Waals surface area contributed by atoms with Crippen LogP contribution in [0.5, 0.6) is 0 Å². The number of hydrogen-bond donors (Lipinski definition) is 1. The first kappa shape index (κ1) is 9.65. The molecule has 0 rings (SSSR count). The molecule has 0 radical (unpaired) electrons. The van der Waals surface area contributed by atoms with Crippen molar-refractivity contribution in [2.45, 2.75) is 20.3 Å². The minimum atomic E-state index is -3.26. The Balaban J connectivity index is 3.69. The summed E-state index contributed by atoms with van der Waals surface area (Å²) in [6.07, 6.45) is 2.37. The van der Waals surface area contributed by atoms with Crippen LogP contribution in [0.25, 0.3) is 0 Å². The van der Waals surface area contributed by atoms with Crippen molar-refractivity contribution in [2.75, 3.05) is 5.75 Å². The molecule has 0 atom stereocenters. The zero-order valence-electron chi connectivity index (χ0n) is 6.29. The minimum absolute atomic E-state index is 0.0399. The second-order valence-corrected chi connectivity index (χ2v) is 4.17. The van der Waals surface area contributed by atoms with E-state index < -0.39 is 10.0 Å². The van der Waals surface area contributed by atoms with Crippen molar-refractivity contribution >= 4 is 10.0 Å². The van der Waals surface area contributed by atoms with E-state index in [0.29, 0.717) is 6.42 Å². The summed E-state index contributed by atoms with van der Waals surface area (Å²) in [4.78, 5) is 0. The summed E-state index contributed by atoms with van der Waals surface area (Å²) >= 11 is 0. The third-order valence-corrected chi connectivity index (χ3v) is 1.76. The first-order valence-electron chi connectivity index (χ1n) is 3.05. The number of sulfonamides is 1. The van der Waals surface area contributed by atoms with Crippen molar-refractivity contribution in [3.8, 4) is 0 Å². The Kier molecular flexibility index (Phi) is 3.60. The van der Waals surface area contributed by atoms with Gasteiger partial charge in [-0.1, -0.05) is 11.6 Å². The molecule has 60 valence electrons. The normalized spacial score (nSPS) is 11.1. The van der Waals surface area contributed by atoms with E-state index >= 15 is 0 Å². The zero-order valence-corrected chi connectivity index (χ0v) is 7.11. The fourth-order valence-electron chi connectivity index (χ4n) is 0.512. The van der Waals surface area contributed by atoms with Crippen LogP contribution in [0.15, 0.2) is 11.6 Å². The second-order valence-electron chi connectivity index (χ2n) is 2.44. The van der Waals surface area contributed by atoms with Crippen LogP contribution < -0.4 is 5.14 Å². The first-order valence-corrected chi connectivity index (χ1v) is 4.77. The second kappa shape index (κ2) is 3.73. The monoisotopic (exact) mass is 163 g/mol. The van der Waals surface area contributed by atoms with Crippen LogP contribution in [0, 0.1) is 0 Å². The van der Waals surface area contributed by atoms with E-state index in [9.17, 15) is 8.42 Å². The molecule has 0 saturated carbocycles. The van der Waals surface area contributed by atoms with Gasteiger partial charge in [-0.05, 0) is 20.3 Å². The topological polar surface area (TPSA) is 60.2 Å². The molecule has 0 fully saturated rings. The Labute approximate surface area is 62.0 Å². The largest absolute Gasteiger partial charge is 0.229 e. The average molecular weight is 163 g/mol. The maximum Gasteiger partial charge on any atom is 0.209 e. The van der Waals surface area contributed by atoms with E-state index in [0.717, 1.165) is 5.57 Å². The maximum absolute atomic E-state index is 10.4. The van der Waals surface area contributed by atoms with Crippen LogP contribution in [-0.2, 0) is 10.0 Å². The van der Waals surface area contributed by atoms with Crippen molar-refractivity contribution in [2.24, 2.45) is 5.14 Å². The highest BCUT2D eigenvalue weighted by atomic mass is 32.2. The summed E-state index contributed by atoms with van der Waals surface area (Å²) in [5, 5.41) is 4.76. The van der Waals surface area contributed by atoms with E-state index in [4.69, 9.17) is 5.14 Å². The Morgan fingerprint density at radius 2 is 2.00 bits per heavy atom. The van der Waals surface area contributed by atoms with Crippen molar-refractivity contribution < 1.29 is 8.42 Å². The molecule has 0 aliphatic rings. The van der Waals surface area contributed by atoms with E-state index in [1.165, 1.54) is 0 Å². The molecule has 2 N–H and O–H groups in total. The molecule has 0 amide bonds. The van der Waals surface area contributed by atoms with Gasteiger partial charge < -0.3 is 0 Å². The Hall–Kier alpha value is -0.350. The first-order chi connectivity index (χ1) is 4.42. The van der Waals surface area contributed by atoms with Gasteiger partial charge in [-0.2, -0.15) is 0 Å². The fourth-order valence-corrected chi connectivity index (χ4v) is 0.958. The Morgan fingerprint density at radius 3 is 2.30 bits per heavy atom. The summed E-state index contributed by atoms with van der Waals surface area (Å²) in [5.74, 6) is 0.0399. The van der Waals surface area contributed by atoms with Gasteiger partial charge in [0, 0.05) is 0 Å². The van der Waals surface area contributed by atoms with Crippen LogP contribution in [0.3, 0.4) is 0 Å². The van der Waals surface area contributed by atoms with E-state index in [1.54, 1.807) is 0 Å². The van der Waals surface area contributed by atoms with Crippen molar-refractivity contribution in [1.29, 1.82) is 0 Å². The van der Waals surface area contributed by atoms with Gasteiger partial charge in [-0.25, -0.2) is 13.6 Å². The molecule has 0 heterocycles. The molecule has 4 heteroatoms. The molecule has 0 aromatic heterocycles. The lowest BCUT2D eigenvalue weighted by Crippen LogP contribution is -2.15. The van der Waals surface area contributed by atoms with E-state index in [-0.39, 0.29) is 5.75 Å². The number of hydrogen-bond acceptors (Lipinski definition) is 2. The Morgan fingerprint density at radius 1 is 1.50 bits per heavy atom. The lowest BCUT2D eigenvalue weighted by Gasteiger charge is -1.92. The smallest absolute Gasteiger partial charge is 0.209 e. The van der Waals surface area contributed by atoms with Gasteiger partial charge in [0.05, 0.1) is 5.75 Å². The molecule has 3 nitrogen and oxygen atoms in total. The standard InChI is InChI=1S/C6H13NO2S/c1-6(2)4-3-5-10(7,8)9/h4H,3,5H2,1-2H3,(H2,7,8,9). The highest BCUT2D eigenvalue weighted by Gasteiger charge is 1.98. The van der Waals surface area contributed by atoms with Gasteiger partial charge in [-0.15, -0.1) is 0 Å². The molecule has 10 heavy (non-hydrogen) atoms. The van der Waals surface area contributed by atoms with E-state index in [1.807, 2.05) is 19.9 Å². The third kappa shape index (κ3) is 7.65. The predicted octanol–water partition coefficient (Wildman–Crippen LogP) is 0.631. The van der Waals surface area contributed by atoms with Crippen molar-refractivity contribution in [1.82, 2.24) is 0 Å². The van der Waals surface area contributed by atoms with Gasteiger partial charge >= 0.3 is 0 Å². The van der Waals surface area contributed by atoms with Gasteiger partial charge in [0.2, 0.25) is 10.0 Å². The lowest BCUT2D eigenvalue weighted by atomic mass is 10.3. The summed E-state index contributed by atoms with van der Waals surface area (Å²) < 4.78 is 20.7. The molecule has 0 aromatic rings. The summed E-state index contributed by atoms with van der Waals surface area (Å²) in [6.45, 7) is 3.84. The predicted molar refractivity (Wildman–Crippen MR) is 42.0 cm³/mol. The highest BCUT2D eigenvalue weighted by Crippen LogP contribution is 1.93. The molecular formula is C6H13NO2S. The van der Waals surface area contributed by atoms with Crippen molar-refractivity contribution in [3.05, 3.63) is 11.6 Å². The SMILES string of the molecule is CC(C)=CCCS(N)(=O)=O. The molecule has 0 bridgehead atoms. The maximum atomic E-state index is 10.4. The number of allylic oxidation sites excluding steroid dienone is 2. The van der Waals surface area contributed by atoms with Crippen LogP contribution in [-0.4, -0.2) is 14.2 Å². The third-order valence-electron chi connectivity index (χ3n) is 0.955. The molecular weight excluding hydrogens is 150 g/mol. The lowest BCUT2D eigenvalue weighted by molar-refractivity contribution is 0.597. The quantitative estimate of drug-likeness (QED) is 0.620. The Bertz CT molecular complexity index is 212. The highest BCUT2D eigenvalue weighted by molar-refractivity contribution is 7.89. The van der Waals surface area contributed by atoms with Crippen LogP contribution >= 0.6 is 0 Å². The summed E-state index contributed by atoms with van der Waals surface area (Å²) in [7, 11) is -3.26. The van der Waals surface area contributed by atoms with Crippen LogP contribution in [0.4, 0.5) is 0 Å². The zero-order chi connectivity index (χ0) is 8.20. The van der Waals surface area contributed by atoms with Gasteiger partial charge in [-0.3, -0.25) is 0 Å². The molecule has 0 unspecified atom stereocenters. The summed E-state index contributed by atoms with van der Waals surface area (Å²) in [5.41, 5.74) is 1.11. The summed E-state index contributed by atoms with van der Waals surface area (Å²) in [6, 6.07) is 0. The number of primary sulfonamides is 1. The minimum Gasteiger partial charge on any atom is -0.229 e. The molecule has 0 spiro atoms. The molecule has 0 aliphatic heterocycles. The average Bonchev–Trinajstić information content (AvgIpc) is 1.59. The van der Waals surface area contributed by atoms with Gasteiger partial charge in [0.1, 0.15) is 0 Å². The number of nitrogens with two attached hydrogens (primary N) is 1. The molecule has 0 aromatic carbocycles. The molecule has 0 saturated heterocycles. The van der Waals surface area contributed by atoms with E-state index in [2.05, 4.69) is 0 Å². The van der Waals surface area contributed by atoms with Gasteiger partial charge in [0.25, 0.3) is 0 Å². The fraction of sp³-hybridized carbons (Fsp3) is 0.667. The van der Waals surface area contributed by atoms with Crippen LogP contribution in [0.1, 0.15) is 20.3 Å². The van der Waals surface area contributed by atoms with Crippen LogP contribution in [0.2, 0.25) is 0 Å². The molecule has 0 aliphatic carbocycles. The van der Waals surface area contributed by atoms with Gasteiger partial charge in [0.15, 0.2) is 0 Å². The van der Waals surface area contributed by atoms with Crippen molar-refractivity contribution in [3.63, 3.8) is 0 Å².